The molecule has 3 rings (SSSR count). The molecule has 2 aromatic rings. The molecule has 0 saturated carbocycles. The summed E-state index contributed by atoms with van der Waals surface area (Å²) in [5.41, 5.74) is 12.4. The van der Waals surface area contributed by atoms with Gasteiger partial charge in [0.15, 0.2) is 0 Å². The van der Waals surface area contributed by atoms with E-state index in [9.17, 15) is 4.79 Å². The van der Waals surface area contributed by atoms with Crippen molar-refractivity contribution in [1.82, 2.24) is 10.9 Å². The van der Waals surface area contributed by atoms with E-state index in [1.165, 1.54) is 28.5 Å². The highest BCUT2D eigenvalue weighted by atomic mass is 16.3. The summed E-state index contributed by atoms with van der Waals surface area (Å²) in [5.74, 6) is 0.424. The second-order valence-electron chi connectivity index (χ2n) is 5.73. The van der Waals surface area contributed by atoms with Crippen LogP contribution in [0, 0.1) is 20.8 Å². The molecule has 114 valence electrons. The minimum atomic E-state index is -0.191. The molecular weight excluding hydrogens is 276 g/mol. The van der Waals surface area contributed by atoms with Crippen LogP contribution in [0.25, 0.3) is 5.70 Å². The van der Waals surface area contributed by atoms with Crippen molar-refractivity contribution >= 4 is 11.6 Å². The van der Waals surface area contributed by atoms with E-state index in [-0.39, 0.29) is 5.91 Å². The lowest BCUT2D eigenvalue weighted by Crippen LogP contribution is -2.37. The Kier molecular flexibility index (Phi) is 3.75. The third kappa shape index (κ3) is 2.64. The molecule has 1 amide bonds. The van der Waals surface area contributed by atoms with Crippen LogP contribution in [0.15, 0.2) is 35.0 Å². The molecule has 1 aliphatic rings. The van der Waals surface area contributed by atoms with Gasteiger partial charge in [-0.15, -0.1) is 0 Å². The summed E-state index contributed by atoms with van der Waals surface area (Å²) in [6.07, 6.45) is 5.66. The average Bonchev–Trinajstić information content (AvgIpc) is 2.91. The van der Waals surface area contributed by atoms with Crippen LogP contribution in [0.3, 0.4) is 0 Å². The molecule has 0 atom stereocenters. The number of hydrogen-bond acceptors (Lipinski definition) is 3. The Hall–Kier alpha value is -2.49. The number of fused-ring (bicyclic) bond motifs is 1. The fraction of sp³-hybridized carbons (Fsp3) is 0.278. The molecule has 1 heterocycles. The molecule has 1 aromatic heterocycles. The van der Waals surface area contributed by atoms with E-state index in [1.807, 2.05) is 0 Å². The monoisotopic (exact) mass is 296 g/mol. The lowest BCUT2D eigenvalue weighted by atomic mass is 9.89. The molecule has 1 aliphatic carbocycles. The summed E-state index contributed by atoms with van der Waals surface area (Å²) in [6.45, 7) is 6.01. The molecule has 0 fully saturated rings. The first-order chi connectivity index (χ1) is 10.6. The van der Waals surface area contributed by atoms with Crippen LogP contribution >= 0.6 is 0 Å². The number of aryl methyl sites for hydroxylation is 3. The Balaban J connectivity index is 1.79. The van der Waals surface area contributed by atoms with Crippen molar-refractivity contribution in [3.63, 3.8) is 0 Å². The topological polar surface area (TPSA) is 54.3 Å². The first-order valence-corrected chi connectivity index (χ1v) is 7.47. The number of carbonyl (C=O) groups is 1. The number of allylic oxidation sites excluding steroid dienone is 1. The van der Waals surface area contributed by atoms with Crippen molar-refractivity contribution in [2.45, 2.75) is 33.6 Å². The molecule has 4 nitrogen and oxygen atoms in total. The maximum Gasteiger partial charge on any atom is 0.273 e. The van der Waals surface area contributed by atoms with Crippen molar-refractivity contribution in [3.8, 4) is 0 Å². The summed E-state index contributed by atoms with van der Waals surface area (Å²) in [6, 6.07) is 6.04. The number of furan rings is 1. The highest BCUT2D eigenvalue weighted by Gasteiger charge is 2.17. The maximum atomic E-state index is 12.2. The van der Waals surface area contributed by atoms with Crippen molar-refractivity contribution in [2.24, 2.45) is 0 Å². The fourth-order valence-corrected chi connectivity index (χ4v) is 2.97. The Bertz CT molecular complexity index is 756. The van der Waals surface area contributed by atoms with Gasteiger partial charge in [0.1, 0.15) is 5.76 Å². The van der Waals surface area contributed by atoms with E-state index >= 15 is 0 Å². The van der Waals surface area contributed by atoms with E-state index < -0.39 is 0 Å². The van der Waals surface area contributed by atoms with Gasteiger partial charge >= 0.3 is 0 Å². The van der Waals surface area contributed by atoms with Gasteiger partial charge in [0.25, 0.3) is 5.91 Å². The molecule has 0 aliphatic heterocycles. The summed E-state index contributed by atoms with van der Waals surface area (Å²) in [5, 5.41) is 0. The second kappa shape index (κ2) is 5.72. The molecule has 2 N–H and O–H groups in total. The van der Waals surface area contributed by atoms with Crippen LogP contribution in [-0.2, 0) is 6.42 Å². The summed E-state index contributed by atoms with van der Waals surface area (Å²) >= 11 is 0. The number of amides is 1. The Morgan fingerprint density at radius 3 is 2.77 bits per heavy atom. The van der Waals surface area contributed by atoms with Crippen molar-refractivity contribution in [3.05, 3.63) is 64.1 Å². The minimum absolute atomic E-state index is 0.191. The number of hydrazine groups is 1. The minimum Gasteiger partial charge on any atom is -0.469 e. The predicted octanol–water partition coefficient (Wildman–Crippen LogP) is 3.43. The largest absolute Gasteiger partial charge is 0.469 e. The van der Waals surface area contributed by atoms with E-state index in [0.717, 1.165) is 18.5 Å². The predicted molar refractivity (Wildman–Crippen MR) is 86.3 cm³/mol. The summed E-state index contributed by atoms with van der Waals surface area (Å²) in [7, 11) is 0. The zero-order valence-corrected chi connectivity index (χ0v) is 13.1. The highest BCUT2D eigenvalue weighted by Crippen LogP contribution is 2.28. The quantitative estimate of drug-likeness (QED) is 0.853. The van der Waals surface area contributed by atoms with Gasteiger partial charge < -0.3 is 4.42 Å². The van der Waals surface area contributed by atoms with Gasteiger partial charge in [-0.3, -0.25) is 15.6 Å². The molecule has 1 aromatic carbocycles. The molecule has 0 spiro atoms. The van der Waals surface area contributed by atoms with Crippen LogP contribution < -0.4 is 10.9 Å². The molecule has 22 heavy (non-hydrogen) atoms. The molecule has 0 unspecified atom stereocenters. The summed E-state index contributed by atoms with van der Waals surface area (Å²) in [4.78, 5) is 12.2. The van der Waals surface area contributed by atoms with Gasteiger partial charge in [-0.25, -0.2) is 0 Å². The van der Waals surface area contributed by atoms with Gasteiger partial charge in [0.2, 0.25) is 0 Å². The molecule has 4 heteroatoms. The second-order valence-corrected chi connectivity index (χ2v) is 5.73. The molecule has 0 radical (unpaired) electrons. The number of hydrogen-bond donors (Lipinski definition) is 2. The van der Waals surface area contributed by atoms with Gasteiger partial charge in [0.05, 0.1) is 17.5 Å². The molecule has 0 bridgehead atoms. The number of nitrogens with one attached hydrogen (secondary N) is 2. The van der Waals surface area contributed by atoms with Gasteiger partial charge in [0, 0.05) is 5.56 Å². The van der Waals surface area contributed by atoms with Crippen LogP contribution in [-0.4, -0.2) is 5.91 Å². The van der Waals surface area contributed by atoms with Crippen LogP contribution in [0.5, 0.6) is 0 Å². The third-order valence-electron chi connectivity index (χ3n) is 4.06. The van der Waals surface area contributed by atoms with E-state index in [2.05, 4.69) is 42.9 Å². The van der Waals surface area contributed by atoms with E-state index in [0.29, 0.717) is 11.3 Å². The first kappa shape index (κ1) is 14.4. The summed E-state index contributed by atoms with van der Waals surface area (Å²) < 4.78 is 5.16. The number of carbonyl (C=O) groups excluding carboxylic acids is 1. The van der Waals surface area contributed by atoms with E-state index in [4.69, 9.17) is 4.42 Å². The van der Waals surface area contributed by atoms with Crippen molar-refractivity contribution in [2.75, 3.05) is 0 Å². The first-order valence-electron chi connectivity index (χ1n) is 7.47. The molecular formula is C18H20N2O2. The normalized spacial score (nSPS) is 13.3. The lowest BCUT2D eigenvalue weighted by Gasteiger charge is -2.22. The zero-order valence-electron chi connectivity index (χ0n) is 13.1. The maximum absolute atomic E-state index is 12.2. The SMILES string of the molecule is Cc1cc(C)c2c(c1)C(NNC(=O)c1ccoc1C)=CCC2. The Morgan fingerprint density at radius 1 is 1.23 bits per heavy atom. The Morgan fingerprint density at radius 2 is 2.05 bits per heavy atom. The average molecular weight is 296 g/mol. The number of benzene rings is 1. The van der Waals surface area contributed by atoms with Crippen molar-refractivity contribution in [1.29, 1.82) is 0 Å². The molecule has 0 saturated heterocycles. The van der Waals surface area contributed by atoms with Gasteiger partial charge in [-0.1, -0.05) is 17.7 Å². The standard InChI is InChI=1S/C18H20N2O2/c1-11-9-12(2)14-5-4-6-17(16(14)10-11)19-20-18(21)15-7-8-22-13(15)3/h6-10,19H,4-5H2,1-3H3,(H,20,21). The van der Waals surface area contributed by atoms with Crippen LogP contribution in [0.4, 0.5) is 0 Å². The van der Waals surface area contributed by atoms with Crippen LogP contribution in [0.2, 0.25) is 0 Å². The van der Waals surface area contributed by atoms with Crippen LogP contribution in [0.1, 0.15) is 44.8 Å². The Labute approximate surface area is 130 Å². The lowest BCUT2D eigenvalue weighted by molar-refractivity contribution is 0.0941. The fourth-order valence-electron chi connectivity index (χ4n) is 2.97. The van der Waals surface area contributed by atoms with Gasteiger partial charge in [-0.05, 0) is 56.9 Å². The zero-order chi connectivity index (χ0) is 15.7. The highest BCUT2D eigenvalue weighted by molar-refractivity contribution is 5.95. The van der Waals surface area contributed by atoms with Crippen molar-refractivity contribution < 1.29 is 9.21 Å². The number of rotatable bonds is 3. The van der Waals surface area contributed by atoms with Gasteiger partial charge in [-0.2, -0.15) is 0 Å². The third-order valence-corrected chi connectivity index (χ3v) is 4.06. The van der Waals surface area contributed by atoms with E-state index in [1.54, 1.807) is 13.0 Å². The smallest absolute Gasteiger partial charge is 0.273 e.